The van der Waals surface area contributed by atoms with Gasteiger partial charge in [0.25, 0.3) is 0 Å². The summed E-state index contributed by atoms with van der Waals surface area (Å²) >= 11 is 3.28. The van der Waals surface area contributed by atoms with E-state index in [4.69, 9.17) is 4.42 Å². The van der Waals surface area contributed by atoms with Crippen molar-refractivity contribution >= 4 is 39.0 Å². The van der Waals surface area contributed by atoms with Crippen molar-refractivity contribution in [1.82, 2.24) is 10.2 Å². The van der Waals surface area contributed by atoms with Crippen LogP contribution >= 0.6 is 23.1 Å². The fraction of sp³-hybridized carbons (Fsp3) is 0.111. The Morgan fingerprint density at radius 1 is 1.00 bits per heavy atom. The van der Waals surface area contributed by atoms with Gasteiger partial charge in [0.15, 0.2) is 4.34 Å². The second kappa shape index (κ2) is 7.07. The number of hydrogen-bond donors (Lipinski definition) is 1. The summed E-state index contributed by atoms with van der Waals surface area (Å²) < 4.78 is 6.26. The van der Waals surface area contributed by atoms with Crippen molar-refractivity contribution in [3.63, 3.8) is 0 Å². The Labute approximate surface area is 147 Å². The van der Waals surface area contributed by atoms with E-state index in [1.165, 1.54) is 16.3 Å². The van der Waals surface area contributed by atoms with Crippen LogP contribution < -0.4 is 5.32 Å². The lowest BCUT2D eigenvalue weighted by Gasteiger charge is -2.04. The quantitative estimate of drug-likeness (QED) is 0.484. The first kappa shape index (κ1) is 15.2. The molecule has 0 saturated carbocycles. The van der Waals surface area contributed by atoms with Gasteiger partial charge in [-0.25, -0.2) is 0 Å². The Kier molecular flexibility index (Phi) is 4.49. The monoisotopic (exact) mass is 353 g/mol. The van der Waals surface area contributed by atoms with Crippen LogP contribution in [0.15, 0.2) is 69.6 Å². The highest BCUT2D eigenvalue weighted by molar-refractivity contribution is 8.00. The van der Waals surface area contributed by atoms with E-state index >= 15 is 0 Å². The van der Waals surface area contributed by atoms with Crippen molar-refractivity contribution in [2.75, 3.05) is 5.32 Å². The lowest BCUT2D eigenvalue weighted by Crippen LogP contribution is -1.96. The molecule has 1 N–H and O–H groups in total. The molecule has 0 radical (unpaired) electrons. The zero-order valence-corrected chi connectivity index (χ0v) is 14.4. The number of rotatable bonds is 6. The summed E-state index contributed by atoms with van der Waals surface area (Å²) in [6, 6.07) is 18.7. The van der Waals surface area contributed by atoms with Crippen LogP contribution in [0.25, 0.3) is 10.8 Å². The van der Waals surface area contributed by atoms with Gasteiger partial charge >= 0.3 is 0 Å². The molecule has 0 fully saturated rings. The molecule has 2 heterocycles. The highest BCUT2D eigenvalue weighted by atomic mass is 32.2. The Morgan fingerprint density at radius 3 is 2.83 bits per heavy atom. The van der Waals surface area contributed by atoms with Gasteiger partial charge in [-0.1, -0.05) is 65.6 Å². The van der Waals surface area contributed by atoms with E-state index in [-0.39, 0.29) is 0 Å². The second-order valence-electron chi connectivity index (χ2n) is 5.23. The standard InChI is InChI=1S/C18H15N3OS2/c1-2-9-16-13(5-1)6-3-7-14(16)12-23-18-21-20-17(24-18)19-11-15-8-4-10-22-15/h1-10H,11-12H2,(H,19,20). The zero-order valence-electron chi connectivity index (χ0n) is 12.8. The molecule has 4 aromatic rings. The van der Waals surface area contributed by atoms with Crippen LogP contribution in [0.3, 0.4) is 0 Å². The van der Waals surface area contributed by atoms with E-state index in [9.17, 15) is 0 Å². The molecule has 0 spiro atoms. The SMILES string of the molecule is c1coc(CNc2nnc(SCc3cccc4ccccc34)s2)c1. The van der Waals surface area contributed by atoms with Crippen molar-refractivity contribution in [3.8, 4) is 0 Å². The molecule has 6 heteroatoms. The second-order valence-corrected chi connectivity index (χ2v) is 7.43. The molecule has 0 aliphatic rings. The molecule has 2 aromatic heterocycles. The number of nitrogens with zero attached hydrogens (tertiary/aromatic N) is 2. The first-order valence-electron chi connectivity index (χ1n) is 7.58. The number of nitrogens with one attached hydrogen (secondary N) is 1. The fourth-order valence-corrected chi connectivity index (χ4v) is 4.22. The van der Waals surface area contributed by atoms with Gasteiger partial charge in [0.05, 0.1) is 12.8 Å². The van der Waals surface area contributed by atoms with Crippen LogP contribution in [0.2, 0.25) is 0 Å². The number of hydrogen-bond acceptors (Lipinski definition) is 6. The summed E-state index contributed by atoms with van der Waals surface area (Å²) in [6.45, 7) is 0.621. The molecule has 2 aromatic carbocycles. The molecule has 0 bridgehead atoms. The average Bonchev–Trinajstić information content (AvgIpc) is 3.30. The smallest absolute Gasteiger partial charge is 0.206 e. The van der Waals surface area contributed by atoms with Crippen molar-refractivity contribution in [2.45, 2.75) is 16.6 Å². The molecule has 4 rings (SSSR count). The lowest BCUT2D eigenvalue weighted by atomic mass is 10.1. The van der Waals surface area contributed by atoms with E-state index in [1.54, 1.807) is 29.4 Å². The van der Waals surface area contributed by atoms with Gasteiger partial charge in [0, 0.05) is 5.75 Å². The number of thioether (sulfide) groups is 1. The number of benzene rings is 2. The maximum absolute atomic E-state index is 5.30. The molecule has 120 valence electrons. The minimum atomic E-state index is 0.621. The highest BCUT2D eigenvalue weighted by Gasteiger charge is 2.07. The fourth-order valence-electron chi connectivity index (χ4n) is 2.47. The Bertz CT molecular complexity index is 929. The molecule has 0 aliphatic carbocycles. The lowest BCUT2D eigenvalue weighted by molar-refractivity contribution is 0.518. The summed E-state index contributed by atoms with van der Waals surface area (Å²) in [5, 5.41) is 15.1. The molecule has 0 amide bonds. The zero-order chi connectivity index (χ0) is 16.2. The van der Waals surface area contributed by atoms with Crippen molar-refractivity contribution in [2.24, 2.45) is 0 Å². The first-order valence-corrected chi connectivity index (χ1v) is 9.38. The molecule has 24 heavy (non-hydrogen) atoms. The molecule has 4 nitrogen and oxygen atoms in total. The van der Waals surface area contributed by atoms with Crippen LogP contribution in [-0.2, 0) is 12.3 Å². The van der Waals surface area contributed by atoms with E-state index < -0.39 is 0 Å². The van der Waals surface area contributed by atoms with Crippen molar-refractivity contribution in [1.29, 1.82) is 0 Å². The minimum absolute atomic E-state index is 0.621. The van der Waals surface area contributed by atoms with E-state index in [0.29, 0.717) is 6.54 Å². The topological polar surface area (TPSA) is 51.0 Å². The van der Waals surface area contributed by atoms with Crippen LogP contribution in [0.5, 0.6) is 0 Å². The third kappa shape index (κ3) is 3.44. The molecular formula is C18H15N3OS2. The van der Waals surface area contributed by atoms with Crippen molar-refractivity contribution < 1.29 is 4.42 Å². The summed E-state index contributed by atoms with van der Waals surface area (Å²) in [4.78, 5) is 0. The van der Waals surface area contributed by atoms with Gasteiger partial charge in [-0.05, 0) is 28.5 Å². The van der Waals surface area contributed by atoms with Gasteiger partial charge in [-0.3, -0.25) is 0 Å². The third-order valence-corrected chi connectivity index (χ3v) is 5.69. The maximum atomic E-state index is 5.30. The predicted molar refractivity (Wildman–Crippen MR) is 99.5 cm³/mol. The minimum Gasteiger partial charge on any atom is -0.467 e. The van der Waals surface area contributed by atoms with Crippen LogP contribution in [0, 0.1) is 0 Å². The summed E-state index contributed by atoms with van der Waals surface area (Å²) in [5.41, 5.74) is 1.32. The van der Waals surface area contributed by atoms with Crippen molar-refractivity contribution in [3.05, 3.63) is 72.2 Å². The average molecular weight is 353 g/mol. The first-order chi connectivity index (χ1) is 11.9. The van der Waals surface area contributed by atoms with Gasteiger partial charge in [-0.2, -0.15) is 0 Å². The molecule has 0 unspecified atom stereocenters. The van der Waals surface area contributed by atoms with E-state index in [2.05, 4.69) is 58.0 Å². The molecule has 0 atom stereocenters. The molecule has 0 saturated heterocycles. The number of fused-ring (bicyclic) bond motifs is 1. The Morgan fingerprint density at radius 2 is 1.92 bits per heavy atom. The number of aromatic nitrogens is 2. The normalized spacial score (nSPS) is 11.0. The van der Waals surface area contributed by atoms with Gasteiger partial charge in [0.2, 0.25) is 5.13 Å². The highest BCUT2D eigenvalue weighted by Crippen LogP contribution is 2.30. The van der Waals surface area contributed by atoms with Gasteiger partial charge in [0.1, 0.15) is 5.76 Å². The largest absolute Gasteiger partial charge is 0.467 e. The predicted octanol–water partition coefficient (Wildman–Crippen LogP) is 5.19. The summed E-state index contributed by atoms with van der Waals surface area (Å²) in [7, 11) is 0. The number of furan rings is 1. The molecular weight excluding hydrogens is 338 g/mol. The van der Waals surface area contributed by atoms with E-state index in [0.717, 1.165) is 21.0 Å². The molecule has 0 aliphatic heterocycles. The number of anilines is 1. The summed E-state index contributed by atoms with van der Waals surface area (Å²) in [5.74, 6) is 1.77. The maximum Gasteiger partial charge on any atom is 0.206 e. The van der Waals surface area contributed by atoms with Crippen LogP contribution in [-0.4, -0.2) is 10.2 Å². The third-order valence-electron chi connectivity index (χ3n) is 3.63. The Hall–Kier alpha value is -2.31. The van der Waals surface area contributed by atoms with Gasteiger partial charge < -0.3 is 9.73 Å². The summed E-state index contributed by atoms with van der Waals surface area (Å²) in [6.07, 6.45) is 1.67. The van der Waals surface area contributed by atoms with Crippen LogP contribution in [0.4, 0.5) is 5.13 Å². The van der Waals surface area contributed by atoms with Gasteiger partial charge in [-0.15, -0.1) is 10.2 Å². The van der Waals surface area contributed by atoms with E-state index in [1.807, 2.05) is 12.1 Å². The van der Waals surface area contributed by atoms with Crippen LogP contribution in [0.1, 0.15) is 11.3 Å². The Balaban J connectivity index is 1.40.